The Morgan fingerprint density at radius 2 is 2.13 bits per heavy atom. The van der Waals surface area contributed by atoms with Gasteiger partial charge in [0.2, 0.25) is 0 Å². The van der Waals surface area contributed by atoms with Crippen molar-refractivity contribution in [2.45, 2.75) is 47.0 Å². The third kappa shape index (κ3) is 4.11. The molecule has 0 aromatic heterocycles. The Bertz CT molecular complexity index is 240. The zero-order valence-corrected chi connectivity index (χ0v) is 10.7. The zero-order valence-electron chi connectivity index (χ0n) is 10.7. The highest BCUT2D eigenvalue weighted by atomic mass is 15.1. The van der Waals surface area contributed by atoms with Crippen molar-refractivity contribution in [3.8, 4) is 0 Å². The molecule has 0 aromatic carbocycles. The maximum atomic E-state index is 2.40. The van der Waals surface area contributed by atoms with E-state index in [-0.39, 0.29) is 0 Å². The van der Waals surface area contributed by atoms with Gasteiger partial charge in [0.25, 0.3) is 0 Å². The Morgan fingerprint density at radius 1 is 1.40 bits per heavy atom. The summed E-state index contributed by atoms with van der Waals surface area (Å²) in [7, 11) is 0. The number of nitrogens with zero attached hydrogens (tertiary/aromatic N) is 1. The monoisotopic (exact) mass is 207 g/mol. The lowest BCUT2D eigenvalue weighted by Gasteiger charge is -2.29. The molecule has 0 radical (unpaired) electrons. The van der Waals surface area contributed by atoms with Gasteiger partial charge in [0.1, 0.15) is 0 Å². The molecule has 1 rings (SSSR count). The van der Waals surface area contributed by atoms with Gasteiger partial charge in [-0.25, -0.2) is 0 Å². The Balaban J connectivity index is 2.71. The average Bonchev–Trinajstić information content (AvgIpc) is 2.19. The minimum Gasteiger partial charge on any atom is -0.352 e. The second-order valence-corrected chi connectivity index (χ2v) is 4.97. The number of allylic oxidation sites excluding steroid dienone is 3. The highest BCUT2D eigenvalue weighted by molar-refractivity contribution is 5.05. The fourth-order valence-electron chi connectivity index (χ4n) is 2.24. The quantitative estimate of drug-likeness (QED) is 0.656. The number of hydrogen-bond acceptors (Lipinski definition) is 1. The molecule has 0 bridgehead atoms. The van der Waals surface area contributed by atoms with E-state index in [2.05, 4.69) is 50.9 Å². The summed E-state index contributed by atoms with van der Waals surface area (Å²) in [5.41, 5.74) is 1.41. The van der Waals surface area contributed by atoms with Crippen molar-refractivity contribution in [3.05, 3.63) is 24.0 Å². The first-order valence-electron chi connectivity index (χ1n) is 6.23. The summed E-state index contributed by atoms with van der Waals surface area (Å²) in [5, 5.41) is 0. The Kier molecular flexibility index (Phi) is 4.93. The van der Waals surface area contributed by atoms with Crippen LogP contribution in [0.4, 0.5) is 0 Å². The van der Waals surface area contributed by atoms with Crippen LogP contribution in [-0.2, 0) is 0 Å². The highest BCUT2D eigenvalue weighted by Crippen LogP contribution is 2.23. The second-order valence-electron chi connectivity index (χ2n) is 4.97. The second kappa shape index (κ2) is 5.99. The zero-order chi connectivity index (χ0) is 11.3. The normalized spacial score (nSPS) is 28.8. The molecule has 2 atom stereocenters. The van der Waals surface area contributed by atoms with Crippen molar-refractivity contribution in [2.75, 3.05) is 6.54 Å². The highest BCUT2D eigenvalue weighted by Gasteiger charge is 2.14. The minimum atomic E-state index is 0.796. The van der Waals surface area contributed by atoms with Gasteiger partial charge in [0.05, 0.1) is 0 Å². The molecule has 1 heteroatoms. The van der Waals surface area contributed by atoms with Gasteiger partial charge < -0.3 is 4.90 Å². The first-order chi connectivity index (χ1) is 7.13. The molecular formula is C14H25N. The van der Waals surface area contributed by atoms with Gasteiger partial charge in [-0.3, -0.25) is 0 Å². The molecule has 0 N–H and O–H groups in total. The van der Waals surface area contributed by atoms with Gasteiger partial charge in [0.15, 0.2) is 0 Å². The van der Waals surface area contributed by atoms with Gasteiger partial charge in [-0.1, -0.05) is 32.9 Å². The molecular weight excluding hydrogens is 182 g/mol. The fraction of sp³-hybridized carbons (Fsp3) is 0.714. The van der Waals surface area contributed by atoms with Crippen molar-refractivity contribution in [1.82, 2.24) is 4.90 Å². The van der Waals surface area contributed by atoms with Crippen LogP contribution in [0.1, 0.15) is 47.0 Å². The van der Waals surface area contributed by atoms with Crippen LogP contribution >= 0.6 is 0 Å². The predicted octanol–water partition coefficient (Wildman–Crippen LogP) is 4.18. The van der Waals surface area contributed by atoms with E-state index in [4.69, 9.17) is 0 Å². The smallest absolute Gasteiger partial charge is 0.0247 e. The first-order valence-corrected chi connectivity index (χ1v) is 6.23. The molecule has 0 aromatic rings. The van der Waals surface area contributed by atoms with Gasteiger partial charge in [-0.15, -0.1) is 0 Å². The Morgan fingerprint density at radius 3 is 2.80 bits per heavy atom. The average molecular weight is 207 g/mol. The molecule has 1 heterocycles. The van der Waals surface area contributed by atoms with Crippen molar-refractivity contribution < 1.29 is 0 Å². The number of rotatable bonds is 2. The predicted molar refractivity (Wildman–Crippen MR) is 67.5 cm³/mol. The molecule has 1 nitrogen and oxygen atoms in total. The van der Waals surface area contributed by atoms with E-state index in [1.165, 1.54) is 25.1 Å². The van der Waals surface area contributed by atoms with E-state index in [0.29, 0.717) is 0 Å². The van der Waals surface area contributed by atoms with Crippen molar-refractivity contribution in [1.29, 1.82) is 0 Å². The lowest BCUT2D eigenvalue weighted by Crippen LogP contribution is -2.25. The summed E-state index contributed by atoms with van der Waals surface area (Å²) in [5.74, 6) is 1.64. The van der Waals surface area contributed by atoms with E-state index >= 15 is 0 Å². The Labute approximate surface area is 94.9 Å². The van der Waals surface area contributed by atoms with E-state index in [9.17, 15) is 0 Å². The molecule has 0 aliphatic carbocycles. The molecule has 0 amide bonds. The van der Waals surface area contributed by atoms with Crippen LogP contribution in [0.5, 0.6) is 0 Å². The van der Waals surface area contributed by atoms with Crippen LogP contribution in [0.25, 0.3) is 0 Å². The molecule has 15 heavy (non-hydrogen) atoms. The molecule has 1 aliphatic rings. The Hall–Kier alpha value is -0.720. The van der Waals surface area contributed by atoms with Crippen LogP contribution in [0.2, 0.25) is 0 Å². The third-order valence-corrected chi connectivity index (χ3v) is 3.10. The van der Waals surface area contributed by atoms with Crippen LogP contribution in [0.15, 0.2) is 24.0 Å². The summed E-state index contributed by atoms with van der Waals surface area (Å²) in [4.78, 5) is 2.40. The van der Waals surface area contributed by atoms with Crippen LogP contribution in [0, 0.1) is 11.8 Å². The van der Waals surface area contributed by atoms with Crippen molar-refractivity contribution >= 4 is 0 Å². The minimum absolute atomic E-state index is 0.796. The van der Waals surface area contributed by atoms with Gasteiger partial charge in [-0.2, -0.15) is 0 Å². The van der Waals surface area contributed by atoms with Crippen LogP contribution in [-0.4, -0.2) is 11.4 Å². The molecule has 0 spiro atoms. The maximum Gasteiger partial charge on any atom is 0.0247 e. The van der Waals surface area contributed by atoms with Gasteiger partial charge in [0, 0.05) is 12.2 Å². The number of hydrogen-bond donors (Lipinski definition) is 0. The standard InChI is InChI=1S/C14H25N/c1-5-6-9-15-11-13(3)10-12(2)7-8-14(15)4/h6,8-9,12-13H,5,7,10-11H2,1-4H3/b9-6-,14-8?/t12?,13-/m0/s1. The van der Waals surface area contributed by atoms with Gasteiger partial charge >= 0.3 is 0 Å². The largest absolute Gasteiger partial charge is 0.352 e. The van der Waals surface area contributed by atoms with Crippen LogP contribution in [0.3, 0.4) is 0 Å². The molecule has 0 fully saturated rings. The van der Waals surface area contributed by atoms with E-state index in [0.717, 1.165) is 18.3 Å². The van der Waals surface area contributed by atoms with Crippen molar-refractivity contribution in [3.63, 3.8) is 0 Å². The van der Waals surface area contributed by atoms with E-state index in [1.54, 1.807) is 0 Å². The molecule has 1 aliphatic heterocycles. The first kappa shape index (κ1) is 12.4. The lowest BCUT2D eigenvalue weighted by molar-refractivity contribution is 0.312. The fourth-order valence-corrected chi connectivity index (χ4v) is 2.24. The van der Waals surface area contributed by atoms with Gasteiger partial charge in [-0.05, 0) is 44.2 Å². The topological polar surface area (TPSA) is 3.24 Å². The van der Waals surface area contributed by atoms with Crippen molar-refractivity contribution in [2.24, 2.45) is 11.8 Å². The SMILES string of the molecule is CC/C=C\N1C[C@@H](C)CC(C)CC=C1C. The maximum absolute atomic E-state index is 2.40. The lowest BCUT2D eigenvalue weighted by atomic mass is 9.92. The summed E-state index contributed by atoms with van der Waals surface area (Å²) in [6.07, 6.45) is 10.6. The molecule has 86 valence electrons. The van der Waals surface area contributed by atoms with E-state index < -0.39 is 0 Å². The molecule has 0 saturated carbocycles. The summed E-state index contributed by atoms with van der Waals surface area (Å²) in [6.45, 7) is 10.3. The third-order valence-electron chi connectivity index (χ3n) is 3.10. The molecule has 0 saturated heterocycles. The summed E-state index contributed by atoms with van der Waals surface area (Å²) >= 11 is 0. The van der Waals surface area contributed by atoms with Crippen LogP contribution < -0.4 is 0 Å². The summed E-state index contributed by atoms with van der Waals surface area (Å²) < 4.78 is 0. The summed E-state index contributed by atoms with van der Waals surface area (Å²) in [6, 6.07) is 0. The molecule has 1 unspecified atom stereocenters. The van der Waals surface area contributed by atoms with E-state index in [1.807, 2.05) is 0 Å².